The number of benzene rings is 1. The van der Waals surface area contributed by atoms with Crippen LogP contribution in [0.2, 0.25) is 0 Å². The third-order valence-electron chi connectivity index (χ3n) is 4.25. The number of nitrogens with one attached hydrogen (secondary N) is 2. The van der Waals surface area contributed by atoms with Crippen LogP contribution < -0.4 is 10.6 Å². The molecule has 21 heavy (non-hydrogen) atoms. The number of hydrogen-bond donors (Lipinski definition) is 2. The van der Waals surface area contributed by atoms with E-state index in [1.807, 2.05) is 6.07 Å². The third kappa shape index (κ3) is 3.76. The summed E-state index contributed by atoms with van der Waals surface area (Å²) in [6.45, 7) is 4.41. The highest BCUT2D eigenvalue weighted by atomic mass is 35.5. The highest BCUT2D eigenvalue weighted by Crippen LogP contribution is 2.35. The number of halogens is 1. The van der Waals surface area contributed by atoms with E-state index in [-0.39, 0.29) is 30.4 Å². The maximum absolute atomic E-state index is 12.2. The van der Waals surface area contributed by atoms with E-state index in [0.717, 1.165) is 19.6 Å². The summed E-state index contributed by atoms with van der Waals surface area (Å²) in [6.07, 6.45) is 1.54. The highest BCUT2D eigenvalue weighted by Gasteiger charge is 2.30. The van der Waals surface area contributed by atoms with Gasteiger partial charge in [0.05, 0.1) is 19.3 Å². The molecule has 1 heterocycles. The molecule has 0 aromatic heterocycles. The Morgan fingerprint density at radius 1 is 1.43 bits per heavy atom. The van der Waals surface area contributed by atoms with Gasteiger partial charge in [-0.3, -0.25) is 4.79 Å². The van der Waals surface area contributed by atoms with E-state index in [9.17, 15) is 4.79 Å². The van der Waals surface area contributed by atoms with Crippen molar-refractivity contribution in [1.29, 1.82) is 0 Å². The molecule has 1 amide bonds. The second-order valence-corrected chi connectivity index (χ2v) is 5.86. The molecule has 1 aliphatic carbocycles. The Labute approximate surface area is 132 Å². The molecule has 2 N–H and O–H groups in total. The molecular weight excluding hydrogens is 288 g/mol. The lowest BCUT2D eigenvalue weighted by Gasteiger charge is -2.25. The zero-order valence-corrected chi connectivity index (χ0v) is 13.1. The smallest absolute Gasteiger partial charge is 0.222 e. The van der Waals surface area contributed by atoms with Crippen LogP contribution in [0, 0.1) is 5.92 Å². The highest BCUT2D eigenvalue weighted by molar-refractivity contribution is 5.85. The SMILES string of the molecule is CC1Cc2ccccc2C1NC(=O)CC1COCCN1.Cl. The number of carbonyl (C=O) groups excluding carboxylic acids is 1. The van der Waals surface area contributed by atoms with Crippen LogP contribution in [0.4, 0.5) is 0 Å². The van der Waals surface area contributed by atoms with E-state index in [4.69, 9.17) is 4.74 Å². The molecule has 0 radical (unpaired) electrons. The first-order valence-corrected chi connectivity index (χ1v) is 7.42. The van der Waals surface area contributed by atoms with Gasteiger partial charge in [0.2, 0.25) is 5.91 Å². The van der Waals surface area contributed by atoms with E-state index in [1.165, 1.54) is 11.1 Å². The average molecular weight is 311 g/mol. The number of fused-ring (bicyclic) bond motifs is 1. The Hall–Kier alpha value is -1.10. The van der Waals surface area contributed by atoms with Gasteiger partial charge in [0.15, 0.2) is 0 Å². The zero-order valence-electron chi connectivity index (χ0n) is 12.3. The lowest BCUT2D eigenvalue weighted by atomic mass is 10.0. The molecule has 0 spiro atoms. The van der Waals surface area contributed by atoms with Crippen LogP contribution in [0.15, 0.2) is 24.3 Å². The van der Waals surface area contributed by atoms with E-state index >= 15 is 0 Å². The van der Waals surface area contributed by atoms with Gasteiger partial charge in [0, 0.05) is 19.0 Å². The van der Waals surface area contributed by atoms with Crippen molar-refractivity contribution in [3.8, 4) is 0 Å². The van der Waals surface area contributed by atoms with Gasteiger partial charge in [0.25, 0.3) is 0 Å². The van der Waals surface area contributed by atoms with Gasteiger partial charge in [-0.25, -0.2) is 0 Å². The fourth-order valence-electron chi connectivity index (χ4n) is 3.22. The van der Waals surface area contributed by atoms with Crippen LogP contribution in [0.1, 0.15) is 30.5 Å². The standard InChI is InChI=1S/C16H22N2O2.ClH/c1-11-8-12-4-2-3-5-14(12)16(11)18-15(19)9-13-10-20-7-6-17-13;/h2-5,11,13,16-17H,6-10H2,1H3,(H,18,19);1H. The summed E-state index contributed by atoms with van der Waals surface area (Å²) >= 11 is 0. The molecule has 1 aromatic carbocycles. The van der Waals surface area contributed by atoms with Gasteiger partial charge in [-0.15, -0.1) is 12.4 Å². The van der Waals surface area contributed by atoms with E-state index in [0.29, 0.717) is 18.9 Å². The molecule has 116 valence electrons. The first-order chi connectivity index (χ1) is 9.74. The maximum Gasteiger partial charge on any atom is 0.222 e. The molecule has 0 saturated carbocycles. The van der Waals surface area contributed by atoms with Crippen molar-refractivity contribution in [2.45, 2.75) is 31.8 Å². The van der Waals surface area contributed by atoms with Crippen LogP contribution in [0.5, 0.6) is 0 Å². The number of carbonyl (C=O) groups is 1. The number of amides is 1. The number of hydrogen-bond acceptors (Lipinski definition) is 3. The molecule has 5 heteroatoms. The second kappa shape index (κ2) is 7.25. The molecule has 0 bridgehead atoms. The third-order valence-corrected chi connectivity index (χ3v) is 4.25. The number of rotatable bonds is 3. The van der Waals surface area contributed by atoms with Gasteiger partial charge in [-0.1, -0.05) is 31.2 Å². The normalized spacial score (nSPS) is 27.6. The molecular formula is C16H23ClN2O2. The van der Waals surface area contributed by atoms with Gasteiger partial charge in [0.1, 0.15) is 0 Å². The van der Waals surface area contributed by atoms with Crippen LogP contribution in [0.3, 0.4) is 0 Å². The van der Waals surface area contributed by atoms with Crippen LogP contribution in [-0.4, -0.2) is 31.7 Å². The molecule has 1 aromatic rings. The Kier molecular flexibility index (Phi) is 5.62. The second-order valence-electron chi connectivity index (χ2n) is 5.86. The number of morpholine rings is 1. The van der Waals surface area contributed by atoms with Crippen molar-refractivity contribution in [2.24, 2.45) is 5.92 Å². The summed E-state index contributed by atoms with van der Waals surface area (Å²) in [5.41, 5.74) is 2.64. The fraction of sp³-hybridized carbons (Fsp3) is 0.562. The predicted octanol–water partition coefficient (Wildman–Crippen LogP) is 1.84. The summed E-state index contributed by atoms with van der Waals surface area (Å²) in [5, 5.41) is 6.52. The molecule has 1 aliphatic heterocycles. The van der Waals surface area contributed by atoms with Gasteiger partial charge in [-0.2, -0.15) is 0 Å². The van der Waals surface area contributed by atoms with Crippen molar-refractivity contribution < 1.29 is 9.53 Å². The lowest BCUT2D eigenvalue weighted by molar-refractivity contribution is -0.123. The van der Waals surface area contributed by atoms with Gasteiger partial charge < -0.3 is 15.4 Å². The van der Waals surface area contributed by atoms with Crippen LogP contribution in [0.25, 0.3) is 0 Å². The van der Waals surface area contributed by atoms with Gasteiger partial charge in [-0.05, 0) is 23.5 Å². The summed E-state index contributed by atoms with van der Waals surface area (Å²) < 4.78 is 5.39. The summed E-state index contributed by atoms with van der Waals surface area (Å²) in [4.78, 5) is 12.2. The molecule has 3 rings (SSSR count). The van der Waals surface area contributed by atoms with Crippen molar-refractivity contribution in [1.82, 2.24) is 10.6 Å². The summed E-state index contributed by atoms with van der Waals surface area (Å²) in [6, 6.07) is 8.71. The first-order valence-electron chi connectivity index (χ1n) is 7.42. The summed E-state index contributed by atoms with van der Waals surface area (Å²) in [7, 11) is 0. The molecule has 3 atom stereocenters. The average Bonchev–Trinajstić information content (AvgIpc) is 2.76. The van der Waals surface area contributed by atoms with E-state index in [2.05, 4.69) is 35.8 Å². The first kappa shape index (κ1) is 16.3. The number of ether oxygens (including phenoxy) is 1. The minimum absolute atomic E-state index is 0. The van der Waals surface area contributed by atoms with E-state index < -0.39 is 0 Å². The molecule has 3 unspecified atom stereocenters. The Balaban J connectivity index is 0.00000161. The Morgan fingerprint density at radius 3 is 3.00 bits per heavy atom. The van der Waals surface area contributed by atoms with Crippen LogP contribution in [-0.2, 0) is 16.0 Å². The van der Waals surface area contributed by atoms with Crippen molar-refractivity contribution in [3.63, 3.8) is 0 Å². The molecule has 2 aliphatic rings. The minimum Gasteiger partial charge on any atom is -0.378 e. The molecule has 4 nitrogen and oxygen atoms in total. The fourth-order valence-corrected chi connectivity index (χ4v) is 3.22. The predicted molar refractivity (Wildman–Crippen MR) is 84.7 cm³/mol. The summed E-state index contributed by atoms with van der Waals surface area (Å²) in [5.74, 6) is 0.577. The quantitative estimate of drug-likeness (QED) is 0.895. The van der Waals surface area contributed by atoms with Crippen molar-refractivity contribution in [2.75, 3.05) is 19.8 Å². The van der Waals surface area contributed by atoms with Crippen molar-refractivity contribution in [3.05, 3.63) is 35.4 Å². The Bertz CT molecular complexity index is 489. The van der Waals surface area contributed by atoms with Crippen LogP contribution >= 0.6 is 12.4 Å². The topological polar surface area (TPSA) is 50.4 Å². The molecule has 1 saturated heterocycles. The van der Waals surface area contributed by atoms with Gasteiger partial charge >= 0.3 is 0 Å². The van der Waals surface area contributed by atoms with Crippen molar-refractivity contribution >= 4 is 18.3 Å². The largest absolute Gasteiger partial charge is 0.378 e. The maximum atomic E-state index is 12.2. The lowest BCUT2D eigenvalue weighted by Crippen LogP contribution is -2.44. The Morgan fingerprint density at radius 2 is 2.24 bits per heavy atom. The monoisotopic (exact) mass is 310 g/mol. The zero-order chi connectivity index (χ0) is 13.9. The van der Waals surface area contributed by atoms with E-state index in [1.54, 1.807) is 0 Å². The molecule has 1 fully saturated rings. The minimum atomic E-state index is 0.